The Morgan fingerprint density at radius 3 is 2.77 bits per heavy atom. The van der Waals surface area contributed by atoms with Gasteiger partial charge in [0.15, 0.2) is 5.65 Å². The highest BCUT2D eigenvalue weighted by atomic mass is 16.3. The maximum absolute atomic E-state index is 12.0. The monoisotopic (exact) mass is 306 g/mol. The summed E-state index contributed by atoms with van der Waals surface area (Å²) < 4.78 is 2.70. The van der Waals surface area contributed by atoms with E-state index in [9.17, 15) is 14.7 Å². The SMILES string of the molecule is CC(C)(C)C(O)CNC(=O)CCn1nc2ccccn2c1=O. The van der Waals surface area contributed by atoms with Crippen LogP contribution in [0.2, 0.25) is 0 Å². The lowest BCUT2D eigenvalue weighted by Crippen LogP contribution is -2.39. The molecule has 22 heavy (non-hydrogen) atoms. The highest BCUT2D eigenvalue weighted by Crippen LogP contribution is 2.18. The number of nitrogens with one attached hydrogen (secondary N) is 1. The number of aliphatic hydroxyl groups excluding tert-OH is 1. The number of hydrogen-bond donors (Lipinski definition) is 2. The first-order chi connectivity index (χ1) is 10.3. The van der Waals surface area contributed by atoms with E-state index in [1.54, 1.807) is 24.4 Å². The van der Waals surface area contributed by atoms with Gasteiger partial charge in [0.05, 0.1) is 12.6 Å². The Morgan fingerprint density at radius 1 is 1.41 bits per heavy atom. The van der Waals surface area contributed by atoms with E-state index in [1.165, 1.54) is 9.08 Å². The minimum Gasteiger partial charge on any atom is -0.391 e. The van der Waals surface area contributed by atoms with Crippen LogP contribution in [-0.4, -0.2) is 37.8 Å². The summed E-state index contributed by atoms with van der Waals surface area (Å²) in [6, 6.07) is 5.28. The van der Waals surface area contributed by atoms with Crippen LogP contribution in [0.3, 0.4) is 0 Å². The summed E-state index contributed by atoms with van der Waals surface area (Å²) in [7, 11) is 0. The summed E-state index contributed by atoms with van der Waals surface area (Å²) in [6.45, 7) is 6.11. The second-order valence-electron chi connectivity index (χ2n) is 6.37. The minimum absolute atomic E-state index is 0.140. The van der Waals surface area contributed by atoms with E-state index < -0.39 is 6.10 Å². The molecule has 0 aliphatic carbocycles. The third-order valence-corrected chi connectivity index (χ3v) is 3.53. The summed E-state index contributed by atoms with van der Waals surface area (Å²) in [6.07, 6.45) is 1.16. The molecule has 2 heterocycles. The predicted molar refractivity (Wildman–Crippen MR) is 82.5 cm³/mol. The van der Waals surface area contributed by atoms with E-state index in [0.29, 0.717) is 5.65 Å². The highest BCUT2D eigenvalue weighted by Gasteiger charge is 2.22. The first kappa shape index (κ1) is 16.2. The molecule has 7 nitrogen and oxygen atoms in total. The lowest BCUT2D eigenvalue weighted by Gasteiger charge is -2.25. The molecule has 0 aliphatic rings. The second-order valence-corrected chi connectivity index (χ2v) is 6.37. The molecule has 0 aliphatic heterocycles. The van der Waals surface area contributed by atoms with Crippen LogP contribution >= 0.6 is 0 Å². The number of hydrogen-bond acceptors (Lipinski definition) is 4. The summed E-state index contributed by atoms with van der Waals surface area (Å²) in [5.41, 5.74) is 0.000389. The summed E-state index contributed by atoms with van der Waals surface area (Å²) in [5.74, 6) is -0.216. The van der Waals surface area contributed by atoms with Crippen molar-refractivity contribution >= 4 is 11.6 Å². The molecule has 2 aromatic rings. The lowest BCUT2D eigenvalue weighted by atomic mass is 9.89. The van der Waals surface area contributed by atoms with E-state index >= 15 is 0 Å². The summed E-state index contributed by atoms with van der Waals surface area (Å²) >= 11 is 0. The average Bonchev–Trinajstić information content (AvgIpc) is 2.78. The van der Waals surface area contributed by atoms with Gasteiger partial charge >= 0.3 is 5.69 Å². The fraction of sp³-hybridized carbons (Fsp3) is 0.533. The summed E-state index contributed by atoms with van der Waals surface area (Å²) in [4.78, 5) is 23.8. The van der Waals surface area contributed by atoms with Gasteiger partial charge in [-0.2, -0.15) is 0 Å². The van der Waals surface area contributed by atoms with Gasteiger partial charge < -0.3 is 10.4 Å². The van der Waals surface area contributed by atoms with Gasteiger partial charge in [0, 0.05) is 19.2 Å². The zero-order valence-corrected chi connectivity index (χ0v) is 13.1. The topological polar surface area (TPSA) is 88.6 Å². The molecule has 0 fully saturated rings. The third-order valence-electron chi connectivity index (χ3n) is 3.53. The largest absolute Gasteiger partial charge is 0.391 e. The van der Waals surface area contributed by atoms with Crippen molar-refractivity contribution in [2.75, 3.05) is 6.54 Å². The van der Waals surface area contributed by atoms with Crippen molar-refractivity contribution in [3.8, 4) is 0 Å². The second kappa shape index (κ2) is 6.31. The van der Waals surface area contributed by atoms with E-state index in [2.05, 4.69) is 10.4 Å². The number of aromatic nitrogens is 3. The predicted octanol–water partition coefficient (Wildman–Crippen LogP) is 0.409. The van der Waals surface area contributed by atoms with Gasteiger partial charge in [0.2, 0.25) is 5.91 Å². The molecular formula is C15H22N4O3. The van der Waals surface area contributed by atoms with E-state index in [0.717, 1.165) is 0 Å². The number of rotatable bonds is 5. The van der Waals surface area contributed by atoms with Gasteiger partial charge in [-0.25, -0.2) is 9.48 Å². The molecule has 0 spiro atoms. The number of aliphatic hydroxyl groups is 1. The van der Waals surface area contributed by atoms with Crippen molar-refractivity contribution in [1.29, 1.82) is 0 Å². The van der Waals surface area contributed by atoms with Gasteiger partial charge in [-0.05, 0) is 17.5 Å². The fourth-order valence-corrected chi connectivity index (χ4v) is 1.93. The zero-order valence-electron chi connectivity index (χ0n) is 13.1. The van der Waals surface area contributed by atoms with Crippen molar-refractivity contribution in [3.63, 3.8) is 0 Å². The highest BCUT2D eigenvalue weighted by molar-refractivity contribution is 5.75. The van der Waals surface area contributed by atoms with E-state index in [-0.39, 0.29) is 36.5 Å². The molecule has 0 saturated carbocycles. The van der Waals surface area contributed by atoms with Crippen LogP contribution in [0.5, 0.6) is 0 Å². The molecular weight excluding hydrogens is 284 g/mol. The van der Waals surface area contributed by atoms with Gasteiger partial charge in [-0.1, -0.05) is 26.8 Å². The number of fused-ring (bicyclic) bond motifs is 1. The normalized spacial score (nSPS) is 13.3. The molecule has 120 valence electrons. The number of nitrogens with zero attached hydrogens (tertiary/aromatic N) is 3. The number of pyridine rings is 1. The lowest BCUT2D eigenvalue weighted by molar-refractivity contribution is -0.122. The molecule has 1 amide bonds. The Labute approximate surface area is 128 Å². The van der Waals surface area contributed by atoms with Crippen molar-refractivity contribution in [3.05, 3.63) is 34.9 Å². The Bertz CT molecular complexity index is 711. The molecule has 7 heteroatoms. The molecule has 2 aromatic heterocycles. The fourth-order valence-electron chi connectivity index (χ4n) is 1.93. The Balaban J connectivity index is 1.91. The number of carbonyl (C=O) groups is 1. The van der Waals surface area contributed by atoms with E-state index in [4.69, 9.17) is 0 Å². The molecule has 1 unspecified atom stereocenters. The van der Waals surface area contributed by atoms with Crippen LogP contribution in [-0.2, 0) is 11.3 Å². The van der Waals surface area contributed by atoms with Gasteiger partial charge in [-0.15, -0.1) is 5.10 Å². The van der Waals surface area contributed by atoms with Crippen LogP contribution in [0.1, 0.15) is 27.2 Å². The molecule has 2 rings (SSSR count). The Hall–Kier alpha value is -2.15. The van der Waals surface area contributed by atoms with Crippen molar-refractivity contribution in [2.45, 2.75) is 39.8 Å². The van der Waals surface area contributed by atoms with Gasteiger partial charge in [-0.3, -0.25) is 9.20 Å². The molecule has 0 aromatic carbocycles. The van der Waals surface area contributed by atoms with Crippen LogP contribution in [0.15, 0.2) is 29.2 Å². The molecule has 0 radical (unpaired) electrons. The van der Waals surface area contributed by atoms with Gasteiger partial charge in [0.25, 0.3) is 0 Å². The summed E-state index contributed by atoms with van der Waals surface area (Å²) in [5, 5.41) is 16.7. The maximum atomic E-state index is 12.0. The van der Waals surface area contributed by atoms with Crippen LogP contribution in [0.4, 0.5) is 0 Å². The van der Waals surface area contributed by atoms with Crippen LogP contribution in [0, 0.1) is 5.41 Å². The minimum atomic E-state index is -0.616. The van der Waals surface area contributed by atoms with Crippen molar-refractivity contribution in [2.24, 2.45) is 5.41 Å². The zero-order chi connectivity index (χ0) is 16.3. The number of aryl methyl sites for hydroxylation is 1. The molecule has 0 saturated heterocycles. The molecule has 0 bridgehead atoms. The average molecular weight is 306 g/mol. The smallest absolute Gasteiger partial charge is 0.350 e. The number of carbonyl (C=O) groups excluding carboxylic acids is 1. The molecule has 1 atom stereocenters. The Morgan fingerprint density at radius 2 is 2.14 bits per heavy atom. The first-order valence-electron chi connectivity index (χ1n) is 7.28. The van der Waals surface area contributed by atoms with Gasteiger partial charge in [0.1, 0.15) is 0 Å². The van der Waals surface area contributed by atoms with Crippen molar-refractivity contribution in [1.82, 2.24) is 19.5 Å². The first-order valence-corrected chi connectivity index (χ1v) is 7.28. The third kappa shape index (κ3) is 3.73. The Kier molecular flexibility index (Phi) is 4.65. The van der Waals surface area contributed by atoms with Crippen molar-refractivity contribution < 1.29 is 9.90 Å². The van der Waals surface area contributed by atoms with Crippen LogP contribution < -0.4 is 11.0 Å². The van der Waals surface area contributed by atoms with E-state index in [1.807, 2.05) is 20.8 Å². The quantitative estimate of drug-likeness (QED) is 0.837. The number of amides is 1. The molecule has 2 N–H and O–H groups in total. The van der Waals surface area contributed by atoms with Crippen LogP contribution in [0.25, 0.3) is 5.65 Å². The standard InChI is InChI=1S/C15H22N4O3/c1-15(2,3)11(20)10-16-13(21)7-9-19-14(22)18-8-5-4-6-12(18)17-19/h4-6,8,11,20H,7,9-10H2,1-3H3,(H,16,21). The maximum Gasteiger partial charge on any atom is 0.350 e.